The molecule has 1 heterocycles. The first kappa shape index (κ1) is 20.7. The van der Waals surface area contributed by atoms with E-state index in [4.69, 9.17) is 16.3 Å². The number of ether oxygens (including phenoxy) is 1. The van der Waals surface area contributed by atoms with Crippen molar-refractivity contribution in [2.45, 2.75) is 38.3 Å². The normalized spacial score (nSPS) is 16.9. The fourth-order valence-corrected chi connectivity index (χ4v) is 4.22. The van der Waals surface area contributed by atoms with Crippen LogP contribution in [-0.4, -0.2) is 13.0 Å². The van der Waals surface area contributed by atoms with Gasteiger partial charge in [0.05, 0.1) is 16.3 Å². The van der Waals surface area contributed by atoms with E-state index in [1.165, 1.54) is 6.07 Å². The maximum absolute atomic E-state index is 14.3. The fourth-order valence-electron chi connectivity index (χ4n) is 3.97. The third-order valence-electron chi connectivity index (χ3n) is 5.47. The van der Waals surface area contributed by atoms with E-state index in [1.54, 1.807) is 24.1 Å². The van der Waals surface area contributed by atoms with E-state index in [-0.39, 0.29) is 11.7 Å². The molecule has 1 aliphatic heterocycles. The monoisotopic (exact) mass is 439 g/mol. The second-order valence-corrected chi connectivity index (χ2v) is 7.86. The van der Waals surface area contributed by atoms with Gasteiger partial charge in [0.15, 0.2) is 11.6 Å². The van der Waals surface area contributed by atoms with E-state index in [9.17, 15) is 22.4 Å². The average molecular weight is 440 g/mol. The number of benzene rings is 2. The summed E-state index contributed by atoms with van der Waals surface area (Å²) in [5.41, 5.74) is 1.92. The number of likely N-dealkylation sites (N-methyl/N-ethyl adjacent to an activating group) is 1. The van der Waals surface area contributed by atoms with Gasteiger partial charge in [-0.05, 0) is 56.0 Å². The first-order chi connectivity index (χ1) is 14.2. The van der Waals surface area contributed by atoms with Crippen LogP contribution in [0.4, 0.5) is 23.2 Å². The van der Waals surface area contributed by atoms with E-state index in [0.717, 1.165) is 37.7 Å². The minimum atomic E-state index is -4.72. The van der Waals surface area contributed by atoms with Gasteiger partial charge in [-0.2, -0.15) is 13.2 Å². The van der Waals surface area contributed by atoms with Crippen molar-refractivity contribution in [3.8, 4) is 11.5 Å². The fraction of sp³-hybridized carbons (Fsp3) is 0.318. The predicted molar refractivity (Wildman–Crippen MR) is 106 cm³/mol. The van der Waals surface area contributed by atoms with E-state index in [0.29, 0.717) is 29.0 Å². The Morgan fingerprint density at radius 3 is 2.40 bits per heavy atom. The third kappa shape index (κ3) is 3.67. The Labute approximate surface area is 175 Å². The van der Waals surface area contributed by atoms with Gasteiger partial charge >= 0.3 is 6.18 Å². The van der Waals surface area contributed by atoms with Crippen molar-refractivity contribution < 1.29 is 27.1 Å². The summed E-state index contributed by atoms with van der Waals surface area (Å²) < 4.78 is 58.3. The van der Waals surface area contributed by atoms with Crippen LogP contribution in [0.25, 0.3) is 5.57 Å². The van der Waals surface area contributed by atoms with Crippen LogP contribution in [0.5, 0.6) is 11.5 Å². The second-order valence-electron chi connectivity index (χ2n) is 7.45. The number of halogens is 5. The molecule has 2 aromatic carbocycles. The number of rotatable bonds is 2. The van der Waals surface area contributed by atoms with Gasteiger partial charge in [0, 0.05) is 18.2 Å². The van der Waals surface area contributed by atoms with Crippen LogP contribution >= 0.6 is 11.6 Å². The molecule has 2 aromatic rings. The highest BCUT2D eigenvalue weighted by Gasteiger charge is 2.34. The van der Waals surface area contributed by atoms with E-state index in [2.05, 4.69) is 0 Å². The number of amides is 1. The first-order valence-electron chi connectivity index (χ1n) is 9.55. The molecule has 158 valence electrons. The number of carbonyl (C=O) groups is 1. The van der Waals surface area contributed by atoms with Crippen LogP contribution in [0.3, 0.4) is 0 Å². The molecule has 2 aliphatic rings. The molecule has 0 unspecified atom stereocenters. The van der Waals surface area contributed by atoms with Gasteiger partial charge in [-0.1, -0.05) is 23.6 Å². The Morgan fingerprint density at radius 2 is 1.77 bits per heavy atom. The quantitative estimate of drug-likeness (QED) is 0.373. The number of carbonyl (C=O) groups excluding carboxylic acids is 1. The minimum absolute atomic E-state index is 0.0993. The van der Waals surface area contributed by atoms with Gasteiger partial charge in [-0.3, -0.25) is 4.79 Å². The highest BCUT2D eigenvalue weighted by Crippen LogP contribution is 2.44. The van der Waals surface area contributed by atoms with Crippen LogP contribution in [0, 0.1) is 5.82 Å². The molecule has 4 rings (SSSR count). The molecular weight excluding hydrogens is 422 g/mol. The Kier molecular flexibility index (Phi) is 5.26. The summed E-state index contributed by atoms with van der Waals surface area (Å²) in [7, 11) is 1.69. The van der Waals surface area contributed by atoms with Gasteiger partial charge in [0.25, 0.3) is 5.91 Å². The Balaban J connectivity index is 1.72. The molecule has 1 amide bonds. The van der Waals surface area contributed by atoms with Gasteiger partial charge in [-0.25, -0.2) is 4.39 Å². The summed E-state index contributed by atoms with van der Waals surface area (Å²) in [4.78, 5) is 14.4. The Hall–Kier alpha value is -2.54. The molecule has 3 nitrogen and oxygen atoms in total. The number of hydrogen-bond donors (Lipinski definition) is 0. The largest absolute Gasteiger partial charge is 0.453 e. The lowest BCUT2D eigenvalue weighted by molar-refractivity contribution is -0.137. The summed E-state index contributed by atoms with van der Waals surface area (Å²) in [5, 5.41) is -0.484. The van der Waals surface area contributed by atoms with Crippen LogP contribution in [0.15, 0.2) is 35.9 Å². The number of hydrogen-bond acceptors (Lipinski definition) is 2. The number of fused-ring (bicyclic) bond motifs is 1. The lowest BCUT2D eigenvalue weighted by Crippen LogP contribution is -2.21. The van der Waals surface area contributed by atoms with Crippen molar-refractivity contribution in [1.29, 1.82) is 0 Å². The zero-order valence-corrected chi connectivity index (χ0v) is 16.8. The molecule has 1 saturated carbocycles. The molecule has 1 fully saturated rings. The van der Waals surface area contributed by atoms with E-state index >= 15 is 0 Å². The van der Waals surface area contributed by atoms with Crippen LogP contribution in [0.2, 0.25) is 5.02 Å². The third-order valence-corrected chi connectivity index (χ3v) is 5.75. The summed E-state index contributed by atoms with van der Waals surface area (Å²) >= 11 is 5.87. The standard InChI is InChI=1S/C22H18ClF4NO2/c1-28-18-8-7-14(11-15(18)19(21(28)29)12-5-3-2-4-6-12)30-20-16(23)9-13(10-17(20)24)22(25,26)27/h7-11H,2-6H2,1H3. The molecule has 0 N–H and O–H groups in total. The lowest BCUT2D eigenvalue weighted by Gasteiger charge is -2.16. The summed E-state index contributed by atoms with van der Waals surface area (Å²) in [6.45, 7) is 0. The van der Waals surface area contributed by atoms with Gasteiger partial charge < -0.3 is 9.64 Å². The van der Waals surface area contributed by atoms with Crippen molar-refractivity contribution in [1.82, 2.24) is 0 Å². The average Bonchev–Trinajstić information content (AvgIpc) is 2.94. The topological polar surface area (TPSA) is 29.5 Å². The molecule has 0 aromatic heterocycles. The molecule has 0 radical (unpaired) electrons. The van der Waals surface area contributed by atoms with Crippen molar-refractivity contribution in [2.75, 3.05) is 11.9 Å². The molecular formula is C22H18ClF4NO2. The smallest absolute Gasteiger partial charge is 0.416 e. The molecule has 0 bridgehead atoms. The number of nitrogens with zero attached hydrogens (tertiary/aromatic N) is 1. The zero-order valence-electron chi connectivity index (χ0n) is 16.1. The highest BCUT2D eigenvalue weighted by molar-refractivity contribution is 6.33. The number of allylic oxidation sites excluding steroid dienone is 1. The van der Waals surface area contributed by atoms with Gasteiger partial charge in [-0.15, -0.1) is 0 Å². The van der Waals surface area contributed by atoms with Crippen molar-refractivity contribution in [3.05, 3.63) is 57.9 Å². The van der Waals surface area contributed by atoms with Crippen LogP contribution in [0.1, 0.15) is 43.2 Å². The lowest BCUT2D eigenvalue weighted by atomic mass is 9.88. The highest BCUT2D eigenvalue weighted by atomic mass is 35.5. The molecule has 0 spiro atoms. The SMILES string of the molecule is CN1C(=O)C(=C2CCCCC2)c2cc(Oc3c(F)cc(C(F)(F)F)cc3Cl)ccc21. The molecule has 0 saturated heterocycles. The van der Waals surface area contributed by atoms with E-state index in [1.807, 2.05) is 0 Å². The number of alkyl halides is 3. The van der Waals surface area contributed by atoms with Crippen molar-refractivity contribution in [2.24, 2.45) is 0 Å². The van der Waals surface area contributed by atoms with Gasteiger partial charge in [0.2, 0.25) is 0 Å². The molecule has 8 heteroatoms. The Morgan fingerprint density at radius 1 is 1.07 bits per heavy atom. The van der Waals surface area contributed by atoms with Gasteiger partial charge in [0.1, 0.15) is 5.75 Å². The van der Waals surface area contributed by atoms with Crippen LogP contribution in [-0.2, 0) is 11.0 Å². The molecule has 1 aliphatic carbocycles. The molecule has 0 atom stereocenters. The second kappa shape index (κ2) is 7.61. The maximum Gasteiger partial charge on any atom is 0.416 e. The predicted octanol–water partition coefficient (Wildman–Crippen LogP) is 6.98. The van der Waals surface area contributed by atoms with Crippen LogP contribution < -0.4 is 9.64 Å². The van der Waals surface area contributed by atoms with E-state index < -0.39 is 28.3 Å². The summed E-state index contributed by atoms with van der Waals surface area (Å²) in [6.07, 6.45) is 0.143. The van der Waals surface area contributed by atoms with Crippen molar-refractivity contribution >= 4 is 28.8 Å². The minimum Gasteiger partial charge on any atom is -0.453 e. The zero-order chi connectivity index (χ0) is 21.6. The maximum atomic E-state index is 14.3. The molecule has 30 heavy (non-hydrogen) atoms. The summed E-state index contributed by atoms with van der Waals surface area (Å²) in [6, 6.07) is 5.79. The van der Waals surface area contributed by atoms with Crippen molar-refractivity contribution in [3.63, 3.8) is 0 Å². The number of anilines is 1. The summed E-state index contributed by atoms with van der Waals surface area (Å²) in [5.74, 6) is -1.62. The first-order valence-corrected chi connectivity index (χ1v) is 9.93. The Bertz CT molecular complexity index is 1030.